The number of nitrogens with one attached hydrogen (secondary N) is 1. The predicted molar refractivity (Wildman–Crippen MR) is 123 cm³/mol. The average Bonchev–Trinajstić information content (AvgIpc) is 2.90. The van der Waals surface area contributed by atoms with Crippen LogP contribution in [0.25, 0.3) is 21.9 Å². The van der Waals surface area contributed by atoms with Crippen molar-refractivity contribution in [1.82, 2.24) is 5.43 Å². The van der Waals surface area contributed by atoms with E-state index in [4.69, 9.17) is 0 Å². The minimum Gasteiger partial charge on any atom is -0.507 e. The molecule has 0 saturated heterocycles. The summed E-state index contributed by atoms with van der Waals surface area (Å²) in [5, 5.41) is 16.2. The zero-order valence-electron chi connectivity index (χ0n) is 17.3. The van der Waals surface area contributed by atoms with Crippen LogP contribution in [0.5, 0.6) is 5.75 Å². The maximum absolute atomic E-state index is 12.9. The van der Waals surface area contributed by atoms with Crippen LogP contribution in [-0.2, 0) is 0 Å². The molecule has 4 heteroatoms. The Labute approximate surface area is 176 Å². The van der Waals surface area contributed by atoms with Crippen LogP contribution < -0.4 is 5.43 Å². The van der Waals surface area contributed by atoms with E-state index < -0.39 is 0 Å². The summed E-state index contributed by atoms with van der Waals surface area (Å²) in [6.45, 7) is 6.28. The molecule has 0 spiro atoms. The van der Waals surface area contributed by atoms with Crippen LogP contribution in [0.3, 0.4) is 0 Å². The third kappa shape index (κ3) is 3.64. The molecule has 0 bridgehead atoms. The first-order valence-corrected chi connectivity index (χ1v) is 10.0. The van der Waals surface area contributed by atoms with E-state index in [2.05, 4.69) is 36.5 Å². The molecule has 0 aromatic heterocycles. The number of benzene rings is 2. The second kappa shape index (κ2) is 7.99. The van der Waals surface area contributed by atoms with Crippen LogP contribution >= 0.6 is 0 Å². The van der Waals surface area contributed by atoms with Crippen molar-refractivity contribution < 1.29 is 9.90 Å². The predicted octanol–water partition coefficient (Wildman–Crippen LogP) is 5.85. The van der Waals surface area contributed by atoms with E-state index in [1.807, 2.05) is 55.5 Å². The highest BCUT2D eigenvalue weighted by molar-refractivity contribution is 6.05. The summed E-state index contributed by atoms with van der Waals surface area (Å²) in [6, 6.07) is 21.4. The van der Waals surface area contributed by atoms with Crippen LogP contribution in [0.1, 0.15) is 46.8 Å². The van der Waals surface area contributed by atoms with Gasteiger partial charge in [0.1, 0.15) is 5.75 Å². The molecule has 2 N–H and O–H groups in total. The van der Waals surface area contributed by atoms with Gasteiger partial charge in [0.2, 0.25) is 0 Å². The van der Waals surface area contributed by atoms with Crippen LogP contribution in [0.4, 0.5) is 0 Å². The van der Waals surface area contributed by atoms with Crippen molar-refractivity contribution in [3.8, 4) is 16.9 Å². The maximum Gasteiger partial charge on any atom is 0.272 e. The van der Waals surface area contributed by atoms with E-state index >= 15 is 0 Å². The molecule has 2 aliphatic carbocycles. The smallest absolute Gasteiger partial charge is 0.272 e. The van der Waals surface area contributed by atoms with Gasteiger partial charge in [0.25, 0.3) is 5.91 Å². The first-order chi connectivity index (χ1) is 14.5. The molecule has 4 nitrogen and oxygen atoms in total. The van der Waals surface area contributed by atoms with E-state index in [0.717, 1.165) is 27.5 Å². The second-order valence-electron chi connectivity index (χ2n) is 7.81. The molecule has 0 radical (unpaired) electrons. The van der Waals surface area contributed by atoms with Crippen LogP contribution in [0.15, 0.2) is 71.8 Å². The number of aryl methyl sites for hydroxylation is 1. The van der Waals surface area contributed by atoms with Crippen molar-refractivity contribution in [2.75, 3.05) is 0 Å². The van der Waals surface area contributed by atoms with Crippen molar-refractivity contribution >= 4 is 22.9 Å². The van der Waals surface area contributed by atoms with Gasteiger partial charge in [-0.25, -0.2) is 5.43 Å². The van der Waals surface area contributed by atoms with Gasteiger partial charge in [-0.05, 0) is 58.0 Å². The monoisotopic (exact) mass is 396 g/mol. The number of amides is 1. The van der Waals surface area contributed by atoms with Crippen LogP contribution in [-0.4, -0.2) is 17.2 Å². The molecule has 0 unspecified atom stereocenters. The number of hydrogen-bond donors (Lipinski definition) is 2. The molecule has 0 heterocycles. The summed E-state index contributed by atoms with van der Waals surface area (Å²) in [7, 11) is 0. The van der Waals surface area contributed by atoms with Gasteiger partial charge in [0.15, 0.2) is 0 Å². The van der Waals surface area contributed by atoms with E-state index in [9.17, 15) is 9.90 Å². The summed E-state index contributed by atoms with van der Waals surface area (Å²) in [6.07, 6.45) is 1.49. The molecule has 0 saturated carbocycles. The number of nitrogens with zero attached hydrogens (tertiary/aromatic N) is 1. The fraction of sp³-hybridized carbons (Fsp3) is 0.154. The summed E-state index contributed by atoms with van der Waals surface area (Å²) in [4.78, 5) is 12.9. The van der Waals surface area contributed by atoms with E-state index in [1.54, 1.807) is 6.07 Å². The Morgan fingerprint density at radius 3 is 2.60 bits per heavy atom. The topological polar surface area (TPSA) is 61.7 Å². The molecule has 150 valence electrons. The number of carbonyl (C=O) groups is 1. The first-order valence-electron chi connectivity index (χ1n) is 10.0. The highest BCUT2D eigenvalue weighted by atomic mass is 16.3. The molecule has 1 amide bonds. The van der Waals surface area contributed by atoms with Crippen molar-refractivity contribution in [2.24, 2.45) is 5.10 Å². The molecular formula is C26H24N2O2. The first kappa shape index (κ1) is 19.6. The molecule has 4 rings (SSSR count). The number of phenolic OH excluding ortho intramolecular Hbond substituents is 1. The SMILES string of the molecule is Cc1cc(C(=O)N/N=C/c2c(O)ccc3ccccc23)c2cc(C(C)C)cccc1-2. The minimum atomic E-state index is -0.273. The highest BCUT2D eigenvalue weighted by Gasteiger charge is 2.19. The average molecular weight is 396 g/mol. The lowest BCUT2D eigenvalue weighted by Crippen LogP contribution is -2.17. The second-order valence-corrected chi connectivity index (χ2v) is 7.81. The zero-order valence-corrected chi connectivity index (χ0v) is 17.3. The number of hydrogen-bond acceptors (Lipinski definition) is 3. The van der Waals surface area contributed by atoms with Gasteiger partial charge < -0.3 is 5.11 Å². The highest BCUT2D eigenvalue weighted by Crippen LogP contribution is 2.33. The number of carbonyl (C=O) groups excluding carboxylic acids is 1. The third-order valence-corrected chi connectivity index (χ3v) is 5.45. The Morgan fingerprint density at radius 2 is 1.80 bits per heavy atom. The number of phenols is 1. The Balaban J connectivity index is 1.65. The molecule has 0 aliphatic heterocycles. The van der Waals surface area contributed by atoms with Gasteiger partial charge in [0, 0.05) is 11.1 Å². The molecule has 30 heavy (non-hydrogen) atoms. The number of aromatic hydroxyl groups is 1. The quantitative estimate of drug-likeness (QED) is 0.336. The van der Waals surface area contributed by atoms with Gasteiger partial charge >= 0.3 is 0 Å². The van der Waals surface area contributed by atoms with Gasteiger partial charge in [-0.15, -0.1) is 0 Å². The Kier molecular flexibility index (Phi) is 5.23. The molecular weight excluding hydrogens is 372 g/mol. The Bertz CT molecular complexity index is 1240. The summed E-state index contributed by atoms with van der Waals surface area (Å²) in [5.41, 5.74) is 8.00. The largest absolute Gasteiger partial charge is 0.507 e. The van der Waals surface area contributed by atoms with Crippen molar-refractivity contribution in [1.29, 1.82) is 0 Å². The fourth-order valence-electron chi connectivity index (χ4n) is 3.76. The van der Waals surface area contributed by atoms with Crippen LogP contribution in [0, 0.1) is 6.92 Å². The lowest BCUT2D eigenvalue weighted by molar-refractivity contribution is 0.0956. The Morgan fingerprint density at radius 1 is 1.00 bits per heavy atom. The van der Waals surface area contributed by atoms with Gasteiger partial charge in [-0.3, -0.25) is 4.79 Å². The number of fused-ring (bicyclic) bond motifs is 2. The lowest BCUT2D eigenvalue weighted by Gasteiger charge is -2.06. The molecule has 2 aromatic rings. The molecule has 2 aliphatic rings. The third-order valence-electron chi connectivity index (χ3n) is 5.45. The zero-order chi connectivity index (χ0) is 21.3. The summed E-state index contributed by atoms with van der Waals surface area (Å²) < 4.78 is 0. The lowest BCUT2D eigenvalue weighted by atomic mass is 10.0. The minimum absolute atomic E-state index is 0.120. The van der Waals surface area contributed by atoms with Crippen LogP contribution in [0.2, 0.25) is 0 Å². The maximum atomic E-state index is 12.9. The van der Waals surface area contributed by atoms with Gasteiger partial charge in [0.05, 0.1) is 6.21 Å². The van der Waals surface area contributed by atoms with Crippen molar-refractivity contribution in [3.63, 3.8) is 0 Å². The molecule has 0 fully saturated rings. The fourth-order valence-corrected chi connectivity index (χ4v) is 3.76. The van der Waals surface area contributed by atoms with E-state index in [0.29, 0.717) is 17.0 Å². The Hall–Kier alpha value is -3.66. The van der Waals surface area contributed by atoms with E-state index in [1.165, 1.54) is 11.8 Å². The molecule has 2 aromatic carbocycles. The molecule has 0 atom stereocenters. The van der Waals surface area contributed by atoms with Crippen molar-refractivity contribution in [3.05, 3.63) is 89.0 Å². The van der Waals surface area contributed by atoms with Gasteiger partial charge in [-0.1, -0.05) is 68.4 Å². The normalized spacial score (nSPS) is 11.6. The van der Waals surface area contributed by atoms with Crippen molar-refractivity contribution in [2.45, 2.75) is 26.7 Å². The number of rotatable bonds is 4. The summed E-state index contributed by atoms with van der Waals surface area (Å²) >= 11 is 0. The van der Waals surface area contributed by atoms with Gasteiger partial charge in [-0.2, -0.15) is 5.10 Å². The standard InChI is InChI=1S/C26H24N2O2/c1-16(2)19-8-6-10-20-17(3)13-23(22(20)14-19)26(30)28-27-15-24-21-9-5-4-7-18(21)11-12-25(24)29/h4-16,29H,1-3H3,(H,28,30)/b27-15+. The van der Waals surface area contributed by atoms with E-state index in [-0.39, 0.29) is 11.7 Å². The number of hydrazone groups is 1. The summed E-state index contributed by atoms with van der Waals surface area (Å²) in [5.74, 6) is 0.207.